The summed E-state index contributed by atoms with van der Waals surface area (Å²) >= 11 is 6.17. The molecule has 3 rings (SSSR count). The van der Waals surface area contributed by atoms with Crippen LogP contribution < -0.4 is 10.1 Å². The predicted molar refractivity (Wildman–Crippen MR) is 81.4 cm³/mol. The van der Waals surface area contributed by atoms with Gasteiger partial charge < -0.3 is 14.8 Å². The first-order chi connectivity index (χ1) is 10.2. The van der Waals surface area contributed by atoms with Gasteiger partial charge in [0.2, 0.25) is 0 Å². The molecule has 21 heavy (non-hydrogen) atoms. The van der Waals surface area contributed by atoms with E-state index in [4.69, 9.17) is 21.1 Å². The summed E-state index contributed by atoms with van der Waals surface area (Å²) in [7, 11) is 1.64. The molecule has 6 heteroatoms. The molecule has 2 aromatic rings. The van der Waals surface area contributed by atoms with Crippen LogP contribution in [-0.4, -0.2) is 36.4 Å². The lowest BCUT2D eigenvalue weighted by atomic mass is 10.1. The van der Waals surface area contributed by atoms with Gasteiger partial charge >= 0.3 is 0 Å². The van der Waals surface area contributed by atoms with E-state index < -0.39 is 0 Å². The van der Waals surface area contributed by atoms with Crippen LogP contribution in [0.5, 0.6) is 5.75 Å². The van der Waals surface area contributed by atoms with Gasteiger partial charge in [0.25, 0.3) is 0 Å². The van der Waals surface area contributed by atoms with Crippen molar-refractivity contribution in [1.29, 1.82) is 0 Å². The van der Waals surface area contributed by atoms with Crippen molar-refractivity contribution in [2.45, 2.75) is 13.0 Å². The van der Waals surface area contributed by atoms with Crippen molar-refractivity contribution in [3.63, 3.8) is 0 Å². The zero-order valence-corrected chi connectivity index (χ0v) is 12.9. The highest BCUT2D eigenvalue weighted by atomic mass is 35.5. The van der Waals surface area contributed by atoms with Crippen LogP contribution in [0, 0.1) is 6.92 Å². The Hall–Kier alpha value is -1.56. The van der Waals surface area contributed by atoms with Crippen molar-refractivity contribution in [2.24, 2.45) is 0 Å². The molecule has 2 heterocycles. The maximum absolute atomic E-state index is 6.17. The van der Waals surface area contributed by atoms with Gasteiger partial charge in [-0.25, -0.2) is 4.98 Å². The molecule has 0 saturated carbocycles. The topological polar surface area (TPSA) is 48.3 Å². The fraction of sp³-hybridized carbons (Fsp3) is 0.400. The van der Waals surface area contributed by atoms with E-state index in [-0.39, 0.29) is 6.10 Å². The van der Waals surface area contributed by atoms with Crippen molar-refractivity contribution in [1.82, 2.24) is 14.9 Å². The molecule has 1 fully saturated rings. The Bertz CT molecular complexity index is 636. The van der Waals surface area contributed by atoms with Gasteiger partial charge in [0, 0.05) is 24.2 Å². The van der Waals surface area contributed by atoms with Crippen molar-refractivity contribution in [2.75, 3.05) is 26.8 Å². The predicted octanol–water partition coefficient (Wildman–Crippen LogP) is 2.50. The number of nitrogens with zero attached hydrogens (tertiary/aromatic N) is 2. The lowest BCUT2D eigenvalue weighted by Crippen LogP contribution is -2.34. The van der Waals surface area contributed by atoms with Crippen LogP contribution in [0.1, 0.15) is 17.4 Å². The molecule has 112 valence electrons. The Morgan fingerprint density at radius 2 is 2.33 bits per heavy atom. The van der Waals surface area contributed by atoms with Crippen LogP contribution in [0.25, 0.3) is 5.69 Å². The van der Waals surface area contributed by atoms with Gasteiger partial charge in [-0.15, -0.1) is 0 Å². The van der Waals surface area contributed by atoms with Gasteiger partial charge in [-0.05, 0) is 18.6 Å². The molecular formula is C15H18ClN3O2. The van der Waals surface area contributed by atoms with E-state index in [1.807, 2.05) is 29.8 Å². The first-order valence-electron chi connectivity index (χ1n) is 6.89. The highest BCUT2D eigenvalue weighted by molar-refractivity contribution is 6.31. The van der Waals surface area contributed by atoms with Crippen LogP contribution >= 0.6 is 11.6 Å². The summed E-state index contributed by atoms with van der Waals surface area (Å²) in [5, 5.41) is 4.02. The molecule has 0 radical (unpaired) electrons. The molecule has 1 aromatic carbocycles. The Labute approximate surface area is 128 Å². The quantitative estimate of drug-likeness (QED) is 0.946. The summed E-state index contributed by atoms with van der Waals surface area (Å²) in [5.74, 6) is 0.716. The Morgan fingerprint density at radius 3 is 3.05 bits per heavy atom. The van der Waals surface area contributed by atoms with Crippen LogP contribution in [0.4, 0.5) is 0 Å². The summed E-state index contributed by atoms with van der Waals surface area (Å²) in [4.78, 5) is 4.27. The minimum absolute atomic E-state index is 0.0121. The number of rotatable bonds is 3. The van der Waals surface area contributed by atoms with Crippen molar-refractivity contribution < 1.29 is 9.47 Å². The molecule has 0 bridgehead atoms. The first kappa shape index (κ1) is 14.4. The van der Waals surface area contributed by atoms with Gasteiger partial charge in [-0.2, -0.15) is 0 Å². The van der Waals surface area contributed by atoms with Gasteiger partial charge in [-0.1, -0.05) is 11.6 Å². The Balaban J connectivity index is 2.05. The molecule has 1 aliphatic heterocycles. The highest BCUT2D eigenvalue weighted by Gasteiger charge is 2.21. The molecule has 0 amide bonds. The van der Waals surface area contributed by atoms with Crippen LogP contribution in [-0.2, 0) is 4.74 Å². The largest absolute Gasteiger partial charge is 0.495 e. The summed E-state index contributed by atoms with van der Waals surface area (Å²) in [6.07, 6.45) is 3.60. The van der Waals surface area contributed by atoms with Crippen LogP contribution in [0.3, 0.4) is 0 Å². The summed E-state index contributed by atoms with van der Waals surface area (Å²) < 4.78 is 13.3. The van der Waals surface area contributed by atoms with Gasteiger partial charge in [0.05, 0.1) is 37.6 Å². The molecule has 1 N–H and O–H groups in total. The molecule has 1 unspecified atom stereocenters. The fourth-order valence-corrected chi connectivity index (χ4v) is 2.65. The second-order valence-corrected chi connectivity index (χ2v) is 5.43. The number of aryl methyl sites for hydroxylation is 1. The number of halogens is 1. The van der Waals surface area contributed by atoms with Gasteiger partial charge in [0.1, 0.15) is 11.9 Å². The minimum atomic E-state index is -0.0121. The van der Waals surface area contributed by atoms with Gasteiger partial charge in [0.15, 0.2) is 0 Å². The maximum Gasteiger partial charge on any atom is 0.144 e. The number of benzene rings is 1. The highest BCUT2D eigenvalue weighted by Crippen LogP contribution is 2.32. The number of morpholine rings is 1. The van der Waals surface area contributed by atoms with E-state index in [9.17, 15) is 0 Å². The number of hydrogen-bond donors (Lipinski definition) is 1. The number of imidazole rings is 1. The minimum Gasteiger partial charge on any atom is -0.495 e. The monoisotopic (exact) mass is 307 g/mol. The molecule has 5 nitrogen and oxygen atoms in total. The third-order valence-electron chi connectivity index (χ3n) is 3.64. The van der Waals surface area contributed by atoms with E-state index >= 15 is 0 Å². The SMILES string of the molecule is COc1cc(Cl)c(C)cc1-n1cncc1C1CNCCO1. The third-order valence-corrected chi connectivity index (χ3v) is 4.05. The van der Waals surface area contributed by atoms with Crippen molar-refractivity contribution in [3.05, 3.63) is 40.9 Å². The van der Waals surface area contributed by atoms with E-state index in [1.165, 1.54) is 0 Å². The number of nitrogens with one attached hydrogen (secondary N) is 1. The number of methoxy groups -OCH3 is 1. The van der Waals surface area contributed by atoms with Crippen LogP contribution in [0.2, 0.25) is 5.02 Å². The molecule has 1 saturated heterocycles. The normalized spacial score (nSPS) is 18.7. The number of aromatic nitrogens is 2. The van der Waals surface area contributed by atoms with Crippen molar-refractivity contribution in [3.8, 4) is 11.4 Å². The smallest absolute Gasteiger partial charge is 0.144 e. The zero-order chi connectivity index (χ0) is 14.8. The summed E-state index contributed by atoms with van der Waals surface area (Å²) in [6, 6.07) is 3.83. The van der Waals surface area contributed by atoms with Gasteiger partial charge in [-0.3, -0.25) is 4.57 Å². The van der Waals surface area contributed by atoms with E-state index in [0.717, 1.165) is 30.0 Å². The van der Waals surface area contributed by atoms with Crippen molar-refractivity contribution >= 4 is 11.6 Å². The Kier molecular flexibility index (Phi) is 4.14. The van der Waals surface area contributed by atoms with E-state index in [0.29, 0.717) is 17.4 Å². The average molecular weight is 308 g/mol. The lowest BCUT2D eigenvalue weighted by Gasteiger charge is -2.25. The second-order valence-electron chi connectivity index (χ2n) is 5.03. The first-order valence-corrected chi connectivity index (χ1v) is 7.27. The lowest BCUT2D eigenvalue weighted by molar-refractivity contribution is 0.0240. The molecule has 0 spiro atoms. The summed E-state index contributed by atoms with van der Waals surface area (Å²) in [5.41, 5.74) is 2.91. The van der Waals surface area contributed by atoms with E-state index in [1.54, 1.807) is 13.4 Å². The molecule has 0 aliphatic carbocycles. The molecular weight excluding hydrogens is 290 g/mol. The fourth-order valence-electron chi connectivity index (χ4n) is 2.50. The Morgan fingerprint density at radius 1 is 1.48 bits per heavy atom. The number of hydrogen-bond acceptors (Lipinski definition) is 4. The van der Waals surface area contributed by atoms with Crippen LogP contribution in [0.15, 0.2) is 24.7 Å². The molecule has 1 aromatic heterocycles. The standard InChI is InChI=1S/C15H18ClN3O2/c1-10-5-12(14(20-2)6-11(10)16)19-9-18-7-13(19)15-8-17-3-4-21-15/h5-7,9,15,17H,3-4,8H2,1-2H3. The number of ether oxygens (including phenoxy) is 2. The molecule has 1 atom stereocenters. The van der Waals surface area contributed by atoms with E-state index in [2.05, 4.69) is 10.3 Å². The zero-order valence-electron chi connectivity index (χ0n) is 12.1. The summed E-state index contributed by atoms with van der Waals surface area (Å²) in [6.45, 7) is 4.34. The average Bonchev–Trinajstić information content (AvgIpc) is 2.99. The third kappa shape index (κ3) is 2.77. The maximum atomic E-state index is 6.17. The second kappa shape index (κ2) is 6.05. The molecule has 1 aliphatic rings.